The van der Waals surface area contributed by atoms with Crippen LogP contribution in [-0.4, -0.2) is 18.8 Å². The van der Waals surface area contributed by atoms with Crippen molar-refractivity contribution < 1.29 is 9.84 Å². The first-order chi connectivity index (χ1) is 8.13. The van der Waals surface area contributed by atoms with E-state index in [-0.39, 0.29) is 18.1 Å². The zero-order valence-corrected chi connectivity index (χ0v) is 10.6. The van der Waals surface area contributed by atoms with Gasteiger partial charge in [-0.05, 0) is 25.8 Å². The molecule has 1 aromatic carbocycles. The summed E-state index contributed by atoms with van der Waals surface area (Å²) in [4.78, 5) is 0. The van der Waals surface area contributed by atoms with Gasteiger partial charge in [0, 0.05) is 17.0 Å². The van der Waals surface area contributed by atoms with E-state index in [0.717, 1.165) is 30.6 Å². The van der Waals surface area contributed by atoms with Crippen molar-refractivity contribution >= 4 is 0 Å². The first-order valence-electron chi connectivity index (χ1n) is 6.14. The van der Waals surface area contributed by atoms with E-state index in [9.17, 15) is 5.11 Å². The monoisotopic (exact) mass is 235 g/mol. The smallest absolute Gasteiger partial charge is 0.123 e. The molecule has 1 aliphatic carbocycles. The van der Waals surface area contributed by atoms with Crippen molar-refractivity contribution in [3.8, 4) is 5.75 Å². The zero-order chi connectivity index (χ0) is 12.5. The number of ether oxygens (including phenoxy) is 1. The van der Waals surface area contributed by atoms with Crippen LogP contribution in [0.5, 0.6) is 5.75 Å². The summed E-state index contributed by atoms with van der Waals surface area (Å²) in [5.74, 6) is 0.822. The third-order valence-corrected chi connectivity index (χ3v) is 4.04. The van der Waals surface area contributed by atoms with Crippen LogP contribution in [0.2, 0.25) is 0 Å². The first-order valence-corrected chi connectivity index (χ1v) is 6.14. The predicted molar refractivity (Wildman–Crippen MR) is 68.0 cm³/mol. The van der Waals surface area contributed by atoms with E-state index in [2.05, 4.69) is 6.07 Å². The molecule has 1 saturated carbocycles. The molecule has 0 aliphatic heterocycles. The number of nitrogens with two attached hydrogens (primary N) is 1. The molecule has 0 saturated heterocycles. The lowest BCUT2D eigenvalue weighted by Gasteiger charge is -2.45. The van der Waals surface area contributed by atoms with Crippen LogP contribution in [0.3, 0.4) is 0 Å². The van der Waals surface area contributed by atoms with Gasteiger partial charge in [-0.3, -0.25) is 0 Å². The van der Waals surface area contributed by atoms with E-state index in [0.29, 0.717) is 0 Å². The number of aryl methyl sites for hydroxylation is 1. The van der Waals surface area contributed by atoms with Crippen molar-refractivity contribution in [2.75, 3.05) is 13.7 Å². The molecular formula is C14H21NO2. The Labute approximate surface area is 103 Å². The van der Waals surface area contributed by atoms with Gasteiger partial charge in [0.25, 0.3) is 0 Å². The van der Waals surface area contributed by atoms with Crippen molar-refractivity contribution in [3.05, 3.63) is 29.3 Å². The van der Waals surface area contributed by atoms with Gasteiger partial charge in [0.2, 0.25) is 0 Å². The molecule has 0 amide bonds. The largest absolute Gasteiger partial charge is 0.496 e. The second-order valence-electron chi connectivity index (χ2n) is 5.10. The van der Waals surface area contributed by atoms with Crippen molar-refractivity contribution in [2.24, 2.45) is 11.1 Å². The van der Waals surface area contributed by atoms with Gasteiger partial charge in [0.1, 0.15) is 5.75 Å². The quantitative estimate of drug-likeness (QED) is 0.841. The fourth-order valence-electron chi connectivity index (χ4n) is 2.63. The minimum absolute atomic E-state index is 0.138. The van der Waals surface area contributed by atoms with Crippen LogP contribution >= 0.6 is 0 Å². The molecule has 3 N–H and O–H groups in total. The maximum absolute atomic E-state index is 9.58. The summed E-state index contributed by atoms with van der Waals surface area (Å²) in [6.45, 7) is 2.20. The highest BCUT2D eigenvalue weighted by molar-refractivity contribution is 5.40. The minimum Gasteiger partial charge on any atom is -0.496 e. The molecule has 0 spiro atoms. The maximum atomic E-state index is 9.58. The lowest BCUT2D eigenvalue weighted by molar-refractivity contribution is 0.0177. The fourth-order valence-corrected chi connectivity index (χ4v) is 2.63. The summed E-state index contributed by atoms with van der Waals surface area (Å²) in [5, 5.41) is 9.58. The molecule has 3 heteroatoms. The number of benzene rings is 1. The Morgan fingerprint density at radius 1 is 1.47 bits per heavy atom. The molecule has 17 heavy (non-hydrogen) atoms. The molecule has 1 aromatic rings. The fraction of sp³-hybridized carbons (Fsp3) is 0.571. The number of rotatable bonds is 4. The zero-order valence-electron chi connectivity index (χ0n) is 10.6. The molecule has 0 heterocycles. The Balaban J connectivity index is 2.35. The molecule has 3 nitrogen and oxygen atoms in total. The number of hydrogen-bond donors (Lipinski definition) is 2. The molecule has 1 aliphatic rings. The summed E-state index contributed by atoms with van der Waals surface area (Å²) in [6.07, 6.45) is 3.16. The van der Waals surface area contributed by atoms with Gasteiger partial charge in [-0.25, -0.2) is 0 Å². The molecule has 0 bridgehead atoms. The Kier molecular flexibility index (Phi) is 3.40. The van der Waals surface area contributed by atoms with Gasteiger partial charge in [-0.2, -0.15) is 0 Å². The average molecular weight is 235 g/mol. The highest BCUT2D eigenvalue weighted by Gasteiger charge is 2.43. The maximum Gasteiger partial charge on any atom is 0.123 e. The van der Waals surface area contributed by atoms with Crippen molar-refractivity contribution in [1.82, 2.24) is 0 Å². The average Bonchev–Trinajstić information content (AvgIpc) is 2.28. The van der Waals surface area contributed by atoms with Crippen LogP contribution in [0.1, 0.15) is 36.4 Å². The molecule has 94 valence electrons. The van der Waals surface area contributed by atoms with E-state index < -0.39 is 0 Å². The summed E-state index contributed by atoms with van der Waals surface area (Å²) in [6, 6.07) is 5.89. The van der Waals surface area contributed by atoms with E-state index in [4.69, 9.17) is 10.5 Å². The Morgan fingerprint density at radius 3 is 2.65 bits per heavy atom. The highest BCUT2D eigenvalue weighted by Crippen LogP contribution is 2.50. The normalized spacial score (nSPS) is 19.5. The van der Waals surface area contributed by atoms with E-state index in [1.54, 1.807) is 7.11 Å². The summed E-state index contributed by atoms with van der Waals surface area (Å²) >= 11 is 0. The van der Waals surface area contributed by atoms with E-state index >= 15 is 0 Å². The number of hydrogen-bond acceptors (Lipinski definition) is 3. The van der Waals surface area contributed by atoms with Crippen molar-refractivity contribution in [3.63, 3.8) is 0 Å². The molecule has 1 fully saturated rings. The van der Waals surface area contributed by atoms with Gasteiger partial charge >= 0.3 is 0 Å². The lowest BCUT2D eigenvalue weighted by Crippen LogP contribution is -2.43. The number of aliphatic hydroxyl groups is 1. The van der Waals surface area contributed by atoms with Gasteiger partial charge in [0.05, 0.1) is 13.7 Å². The van der Waals surface area contributed by atoms with Gasteiger partial charge < -0.3 is 15.6 Å². The van der Waals surface area contributed by atoms with E-state index in [1.807, 2.05) is 19.1 Å². The third kappa shape index (κ3) is 2.05. The standard InChI is InChI=1S/C14H21NO2/c1-10-4-5-12(17-2)11(8-10)13(15)14(9-16)6-3-7-14/h4-5,8,13,16H,3,6-7,9,15H2,1-2H3. The minimum atomic E-state index is -0.143. The molecule has 2 rings (SSSR count). The van der Waals surface area contributed by atoms with Crippen molar-refractivity contribution in [1.29, 1.82) is 0 Å². The van der Waals surface area contributed by atoms with Crippen LogP contribution in [-0.2, 0) is 0 Å². The number of aliphatic hydroxyl groups excluding tert-OH is 1. The summed E-state index contributed by atoms with van der Waals surface area (Å²) < 4.78 is 5.37. The van der Waals surface area contributed by atoms with Gasteiger partial charge in [-0.15, -0.1) is 0 Å². The van der Waals surface area contributed by atoms with Crippen LogP contribution in [0.15, 0.2) is 18.2 Å². The van der Waals surface area contributed by atoms with Crippen LogP contribution in [0.25, 0.3) is 0 Å². The van der Waals surface area contributed by atoms with E-state index in [1.165, 1.54) is 5.56 Å². The Hall–Kier alpha value is -1.06. The topological polar surface area (TPSA) is 55.5 Å². The molecule has 0 radical (unpaired) electrons. The Bertz CT molecular complexity index is 394. The molecule has 1 atom stereocenters. The van der Waals surface area contributed by atoms with Gasteiger partial charge in [0.15, 0.2) is 0 Å². The molecular weight excluding hydrogens is 214 g/mol. The molecule has 1 unspecified atom stereocenters. The Morgan fingerprint density at radius 2 is 2.18 bits per heavy atom. The predicted octanol–water partition coefficient (Wildman–Crippen LogP) is 2.17. The lowest BCUT2D eigenvalue weighted by atomic mass is 9.63. The van der Waals surface area contributed by atoms with Crippen LogP contribution < -0.4 is 10.5 Å². The van der Waals surface area contributed by atoms with Crippen molar-refractivity contribution in [2.45, 2.75) is 32.2 Å². The molecule has 0 aromatic heterocycles. The summed E-state index contributed by atoms with van der Waals surface area (Å²) in [5.41, 5.74) is 8.40. The van der Waals surface area contributed by atoms with Crippen LogP contribution in [0.4, 0.5) is 0 Å². The third-order valence-electron chi connectivity index (χ3n) is 4.04. The summed E-state index contributed by atoms with van der Waals surface area (Å²) in [7, 11) is 1.66. The van der Waals surface area contributed by atoms with Crippen LogP contribution in [0, 0.1) is 12.3 Å². The second-order valence-corrected chi connectivity index (χ2v) is 5.10. The second kappa shape index (κ2) is 4.67. The SMILES string of the molecule is COc1ccc(C)cc1C(N)C1(CO)CCC1. The first kappa shape index (κ1) is 12.4. The van der Waals surface area contributed by atoms with Gasteiger partial charge in [-0.1, -0.05) is 24.1 Å². The highest BCUT2D eigenvalue weighted by atomic mass is 16.5. The number of methoxy groups -OCH3 is 1.